The highest BCUT2D eigenvalue weighted by molar-refractivity contribution is 5.96. The summed E-state index contributed by atoms with van der Waals surface area (Å²) in [5.41, 5.74) is 8.22. The maximum Gasteiger partial charge on any atom is 0.162 e. The van der Waals surface area contributed by atoms with Gasteiger partial charge in [0.15, 0.2) is 5.78 Å². The predicted molar refractivity (Wildman–Crippen MR) is 64.0 cm³/mol. The van der Waals surface area contributed by atoms with Gasteiger partial charge in [0.2, 0.25) is 0 Å². The molecule has 2 nitrogen and oxygen atoms in total. The van der Waals surface area contributed by atoms with Crippen LogP contribution in [0.3, 0.4) is 0 Å². The van der Waals surface area contributed by atoms with Crippen molar-refractivity contribution >= 4 is 11.5 Å². The summed E-state index contributed by atoms with van der Waals surface area (Å²) < 4.78 is 0. The number of hydrogen-bond donors (Lipinski definition) is 1. The van der Waals surface area contributed by atoms with E-state index in [0.717, 1.165) is 17.5 Å². The van der Waals surface area contributed by atoms with E-state index in [4.69, 9.17) is 5.73 Å². The van der Waals surface area contributed by atoms with Crippen LogP contribution in [0.1, 0.15) is 42.6 Å². The first-order valence-electron chi connectivity index (χ1n) is 5.40. The first-order chi connectivity index (χ1) is 7.00. The van der Waals surface area contributed by atoms with Crippen molar-refractivity contribution in [2.24, 2.45) is 5.92 Å². The number of anilines is 1. The number of ketones is 1. The quantitative estimate of drug-likeness (QED) is 0.606. The highest BCUT2D eigenvalue weighted by Crippen LogP contribution is 2.16. The summed E-state index contributed by atoms with van der Waals surface area (Å²) in [5, 5.41) is 0. The predicted octanol–water partition coefficient (Wildman–Crippen LogP) is 3.20. The molecule has 0 aromatic heterocycles. The maximum absolute atomic E-state index is 11.8. The number of Topliss-reactive ketones (excluding diaryl/α,β-unsaturated/α-hetero) is 1. The molecule has 0 atom stereocenters. The SMILES string of the molecule is Cc1ccc(C(=O)CCC(C)C)cc1N. The Kier molecular flexibility index (Phi) is 3.89. The number of nitrogens with two attached hydrogens (primary N) is 1. The van der Waals surface area contributed by atoms with Gasteiger partial charge in [-0.25, -0.2) is 0 Å². The minimum Gasteiger partial charge on any atom is -0.398 e. The second-order valence-corrected chi connectivity index (χ2v) is 4.43. The van der Waals surface area contributed by atoms with Crippen LogP contribution in [0.2, 0.25) is 0 Å². The molecule has 0 unspecified atom stereocenters. The number of nitrogen functional groups attached to an aromatic ring is 1. The van der Waals surface area contributed by atoms with E-state index < -0.39 is 0 Å². The zero-order valence-corrected chi connectivity index (χ0v) is 9.71. The summed E-state index contributed by atoms with van der Waals surface area (Å²) in [4.78, 5) is 11.8. The Bertz CT molecular complexity index is 356. The molecule has 0 spiro atoms. The number of carbonyl (C=O) groups excluding carboxylic acids is 1. The van der Waals surface area contributed by atoms with E-state index in [9.17, 15) is 4.79 Å². The van der Waals surface area contributed by atoms with Gasteiger partial charge < -0.3 is 5.73 Å². The number of benzene rings is 1. The molecular weight excluding hydrogens is 186 g/mol. The van der Waals surface area contributed by atoms with Gasteiger partial charge in [-0.3, -0.25) is 4.79 Å². The van der Waals surface area contributed by atoms with Crippen LogP contribution < -0.4 is 5.73 Å². The third-order valence-electron chi connectivity index (χ3n) is 2.55. The van der Waals surface area contributed by atoms with Crippen molar-refractivity contribution in [1.29, 1.82) is 0 Å². The molecule has 0 saturated heterocycles. The van der Waals surface area contributed by atoms with Gasteiger partial charge >= 0.3 is 0 Å². The first-order valence-corrected chi connectivity index (χ1v) is 5.40. The molecule has 1 aromatic rings. The van der Waals surface area contributed by atoms with Gasteiger partial charge in [-0.15, -0.1) is 0 Å². The highest BCUT2D eigenvalue weighted by Gasteiger charge is 2.07. The molecule has 1 rings (SSSR count). The minimum absolute atomic E-state index is 0.190. The summed E-state index contributed by atoms with van der Waals surface area (Å²) >= 11 is 0. The number of hydrogen-bond acceptors (Lipinski definition) is 2. The lowest BCUT2D eigenvalue weighted by molar-refractivity contribution is 0.0975. The van der Waals surface area contributed by atoms with Gasteiger partial charge in [0, 0.05) is 17.7 Å². The van der Waals surface area contributed by atoms with Gasteiger partial charge in [-0.1, -0.05) is 26.0 Å². The fraction of sp³-hybridized carbons (Fsp3) is 0.462. The minimum atomic E-state index is 0.190. The van der Waals surface area contributed by atoms with Crippen molar-refractivity contribution in [1.82, 2.24) is 0 Å². The van der Waals surface area contributed by atoms with E-state index >= 15 is 0 Å². The standard InChI is InChI=1S/C13H19NO/c1-9(2)4-7-13(15)11-6-5-10(3)12(14)8-11/h5-6,8-9H,4,7,14H2,1-3H3. The fourth-order valence-corrected chi connectivity index (χ4v) is 1.38. The molecule has 0 amide bonds. The average molecular weight is 205 g/mol. The molecule has 2 heteroatoms. The summed E-state index contributed by atoms with van der Waals surface area (Å²) in [5.74, 6) is 0.757. The molecule has 0 saturated carbocycles. The van der Waals surface area contributed by atoms with Crippen molar-refractivity contribution in [3.05, 3.63) is 29.3 Å². The Morgan fingerprint density at radius 2 is 2.07 bits per heavy atom. The van der Waals surface area contributed by atoms with Crippen LogP contribution in [0.4, 0.5) is 5.69 Å². The van der Waals surface area contributed by atoms with Crippen molar-refractivity contribution in [2.75, 3.05) is 5.73 Å². The summed E-state index contributed by atoms with van der Waals surface area (Å²) in [6.45, 7) is 6.19. The molecular formula is C13H19NO. The second-order valence-electron chi connectivity index (χ2n) is 4.43. The van der Waals surface area contributed by atoms with Crippen LogP contribution in [0, 0.1) is 12.8 Å². The Morgan fingerprint density at radius 1 is 1.40 bits per heavy atom. The third-order valence-corrected chi connectivity index (χ3v) is 2.55. The first kappa shape index (κ1) is 11.8. The molecule has 0 fully saturated rings. The summed E-state index contributed by atoms with van der Waals surface area (Å²) in [6.07, 6.45) is 1.55. The largest absolute Gasteiger partial charge is 0.398 e. The Hall–Kier alpha value is -1.31. The molecule has 0 aliphatic carbocycles. The number of carbonyl (C=O) groups is 1. The Labute approximate surface area is 91.5 Å². The molecule has 2 N–H and O–H groups in total. The van der Waals surface area contributed by atoms with E-state index in [0.29, 0.717) is 18.0 Å². The molecule has 0 aliphatic rings. The maximum atomic E-state index is 11.8. The van der Waals surface area contributed by atoms with Gasteiger partial charge in [0.25, 0.3) is 0 Å². The molecule has 15 heavy (non-hydrogen) atoms. The van der Waals surface area contributed by atoms with E-state index in [1.54, 1.807) is 6.07 Å². The molecule has 0 bridgehead atoms. The van der Waals surface area contributed by atoms with Crippen LogP contribution in [-0.2, 0) is 0 Å². The molecule has 0 heterocycles. The number of rotatable bonds is 4. The van der Waals surface area contributed by atoms with Crippen molar-refractivity contribution < 1.29 is 4.79 Å². The smallest absolute Gasteiger partial charge is 0.162 e. The fourth-order valence-electron chi connectivity index (χ4n) is 1.38. The Morgan fingerprint density at radius 3 is 2.60 bits per heavy atom. The summed E-state index contributed by atoms with van der Waals surface area (Å²) in [7, 11) is 0. The van der Waals surface area contributed by atoms with Gasteiger partial charge in [0.1, 0.15) is 0 Å². The second kappa shape index (κ2) is 4.96. The van der Waals surface area contributed by atoms with Crippen molar-refractivity contribution in [3.8, 4) is 0 Å². The lowest BCUT2D eigenvalue weighted by Crippen LogP contribution is -2.02. The number of aryl methyl sites for hydroxylation is 1. The summed E-state index contributed by atoms with van der Waals surface area (Å²) in [6, 6.07) is 5.53. The average Bonchev–Trinajstić information content (AvgIpc) is 2.18. The van der Waals surface area contributed by atoms with Gasteiger partial charge in [0.05, 0.1) is 0 Å². The lowest BCUT2D eigenvalue weighted by atomic mass is 10.00. The van der Waals surface area contributed by atoms with E-state index in [-0.39, 0.29) is 5.78 Å². The van der Waals surface area contributed by atoms with E-state index in [2.05, 4.69) is 13.8 Å². The molecule has 1 aromatic carbocycles. The Balaban J connectivity index is 2.70. The molecule has 0 radical (unpaired) electrons. The van der Waals surface area contributed by atoms with Crippen LogP contribution in [0.5, 0.6) is 0 Å². The lowest BCUT2D eigenvalue weighted by Gasteiger charge is -2.06. The third kappa shape index (κ3) is 3.39. The van der Waals surface area contributed by atoms with Gasteiger partial charge in [-0.05, 0) is 30.9 Å². The van der Waals surface area contributed by atoms with E-state index in [1.807, 2.05) is 19.1 Å². The monoisotopic (exact) mass is 205 g/mol. The van der Waals surface area contributed by atoms with E-state index in [1.165, 1.54) is 0 Å². The molecule has 0 aliphatic heterocycles. The zero-order valence-electron chi connectivity index (χ0n) is 9.71. The van der Waals surface area contributed by atoms with Crippen LogP contribution in [0.15, 0.2) is 18.2 Å². The zero-order chi connectivity index (χ0) is 11.4. The topological polar surface area (TPSA) is 43.1 Å². The van der Waals surface area contributed by atoms with Crippen LogP contribution in [-0.4, -0.2) is 5.78 Å². The van der Waals surface area contributed by atoms with Crippen molar-refractivity contribution in [3.63, 3.8) is 0 Å². The highest BCUT2D eigenvalue weighted by atomic mass is 16.1. The van der Waals surface area contributed by atoms with Crippen LogP contribution >= 0.6 is 0 Å². The van der Waals surface area contributed by atoms with Crippen LogP contribution in [0.25, 0.3) is 0 Å². The molecule has 82 valence electrons. The van der Waals surface area contributed by atoms with Gasteiger partial charge in [-0.2, -0.15) is 0 Å². The van der Waals surface area contributed by atoms with Crippen molar-refractivity contribution in [2.45, 2.75) is 33.6 Å². The normalized spacial score (nSPS) is 10.7.